The van der Waals surface area contributed by atoms with Gasteiger partial charge in [0.2, 0.25) is 0 Å². The topological polar surface area (TPSA) is 75.3 Å². The van der Waals surface area contributed by atoms with Gasteiger partial charge in [0.15, 0.2) is 0 Å². The van der Waals surface area contributed by atoms with Gasteiger partial charge in [-0.2, -0.15) is 0 Å². The van der Waals surface area contributed by atoms with Gasteiger partial charge in [-0.3, -0.25) is 4.79 Å². The van der Waals surface area contributed by atoms with Crippen molar-refractivity contribution in [2.24, 2.45) is 5.92 Å². The number of nitrogens with zero attached hydrogens (tertiary/aromatic N) is 2. The van der Waals surface area contributed by atoms with Gasteiger partial charge in [0.1, 0.15) is 5.69 Å². The molecule has 6 heteroatoms. The van der Waals surface area contributed by atoms with Gasteiger partial charge >= 0.3 is 5.97 Å². The van der Waals surface area contributed by atoms with Crippen molar-refractivity contribution in [3.8, 4) is 0 Å². The van der Waals surface area contributed by atoms with Gasteiger partial charge < -0.3 is 14.6 Å². The Morgan fingerprint density at radius 2 is 1.90 bits per heavy atom. The van der Waals surface area contributed by atoms with E-state index in [9.17, 15) is 9.59 Å². The standard InChI is InChI=1S/C24H29N3O3/c1-6-30-24(29)20-8-10-22(26-17(20)5)23(28)27(16(4)13-15(2)3)19-7-9-21-18(14-19)11-12-25-21/h7-12,14-16,25H,6,13H2,1-5H3. The van der Waals surface area contributed by atoms with E-state index in [1.54, 1.807) is 30.9 Å². The lowest BCUT2D eigenvalue weighted by atomic mass is 10.0. The van der Waals surface area contributed by atoms with Crippen molar-refractivity contribution in [1.29, 1.82) is 0 Å². The van der Waals surface area contributed by atoms with Crippen LogP contribution in [0.2, 0.25) is 0 Å². The van der Waals surface area contributed by atoms with Crippen molar-refractivity contribution in [2.45, 2.75) is 47.1 Å². The Morgan fingerprint density at radius 1 is 1.13 bits per heavy atom. The minimum Gasteiger partial charge on any atom is -0.462 e. The Kier molecular flexibility index (Phi) is 6.55. The molecule has 1 amide bonds. The number of rotatable bonds is 7. The number of hydrogen-bond donors (Lipinski definition) is 1. The molecule has 0 radical (unpaired) electrons. The number of esters is 1. The summed E-state index contributed by atoms with van der Waals surface area (Å²) < 4.78 is 5.06. The van der Waals surface area contributed by atoms with Crippen molar-refractivity contribution in [2.75, 3.05) is 11.5 Å². The van der Waals surface area contributed by atoms with E-state index >= 15 is 0 Å². The first-order valence-corrected chi connectivity index (χ1v) is 10.4. The minimum atomic E-state index is -0.426. The zero-order valence-electron chi connectivity index (χ0n) is 18.2. The fourth-order valence-corrected chi connectivity index (χ4v) is 3.78. The number of carbonyl (C=O) groups excluding carboxylic acids is 2. The summed E-state index contributed by atoms with van der Waals surface area (Å²) in [6, 6.07) is 11.1. The number of pyridine rings is 1. The Labute approximate surface area is 177 Å². The minimum absolute atomic E-state index is 0.0132. The Balaban J connectivity index is 1.99. The van der Waals surface area contributed by atoms with Gasteiger partial charge in [-0.05, 0) is 69.5 Å². The molecule has 2 heterocycles. The molecular formula is C24H29N3O3. The lowest BCUT2D eigenvalue weighted by Gasteiger charge is -2.30. The highest BCUT2D eigenvalue weighted by molar-refractivity contribution is 6.06. The number of benzene rings is 1. The molecule has 0 aliphatic carbocycles. The summed E-state index contributed by atoms with van der Waals surface area (Å²) in [5, 5.41) is 1.05. The highest BCUT2D eigenvalue weighted by atomic mass is 16.5. The van der Waals surface area contributed by atoms with Crippen molar-refractivity contribution >= 4 is 28.5 Å². The van der Waals surface area contributed by atoms with Crippen LogP contribution in [-0.4, -0.2) is 34.5 Å². The molecule has 0 fully saturated rings. The van der Waals surface area contributed by atoms with Crippen LogP contribution in [0, 0.1) is 12.8 Å². The molecule has 1 N–H and O–H groups in total. The van der Waals surface area contributed by atoms with Crippen LogP contribution in [-0.2, 0) is 4.74 Å². The summed E-state index contributed by atoms with van der Waals surface area (Å²) in [4.78, 5) is 35.0. The van der Waals surface area contributed by atoms with Crippen LogP contribution in [0.15, 0.2) is 42.6 Å². The van der Waals surface area contributed by atoms with Gasteiger partial charge in [-0.15, -0.1) is 0 Å². The second-order valence-electron chi connectivity index (χ2n) is 7.95. The number of aromatic nitrogens is 2. The number of fused-ring (bicyclic) bond motifs is 1. The summed E-state index contributed by atoms with van der Waals surface area (Å²) in [7, 11) is 0. The third-order valence-electron chi connectivity index (χ3n) is 5.09. The Hall–Kier alpha value is -3.15. The number of H-pyrrole nitrogens is 1. The van der Waals surface area contributed by atoms with E-state index in [1.165, 1.54) is 0 Å². The number of nitrogens with one attached hydrogen (secondary N) is 1. The van der Waals surface area contributed by atoms with E-state index in [2.05, 4.69) is 30.7 Å². The van der Waals surface area contributed by atoms with Crippen LogP contribution < -0.4 is 4.90 Å². The molecule has 3 rings (SSSR count). The van der Waals surface area contributed by atoms with E-state index in [0.717, 1.165) is 23.0 Å². The zero-order chi connectivity index (χ0) is 21.8. The second-order valence-corrected chi connectivity index (χ2v) is 7.95. The zero-order valence-corrected chi connectivity index (χ0v) is 18.2. The van der Waals surface area contributed by atoms with Crippen LogP contribution in [0.1, 0.15) is 60.7 Å². The van der Waals surface area contributed by atoms with Gasteiger partial charge in [0.25, 0.3) is 5.91 Å². The fourth-order valence-electron chi connectivity index (χ4n) is 3.78. The number of aromatic amines is 1. The Bertz CT molecular complexity index is 1050. The first-order chi connectivity index (χ1) is 14.3. The summed E-state index contributed by atoms with van der Waals surface area (Å²) >= 11 is 0. The van der Waals surface area contributed by atoms with Crippen LogP contribution in [0.5, 0.6) is 0 Å². The SMILES string of the molecule is CCOC(=O)c1ccc(C(=O)N(c2ccc3[nH]ccc3c2)C(C)CC(C)C)nc1C. The molecule has 1 aromatic carbocycles. The average Bonchev–Trinajstić information content (AvgIpc) is 3.15. The molecule has 6 nitrogen and oxygen atoms in total. The molecule has 2 aromatic heterocycles. The molecule has 0 aliphatic rings. The van der Waals surface area contributed by atoms with E-state index < -0.39 is 5.97 Å². The average molecular weight is 408 g/mol. The number of hydrogen-bond acceptors (Lipinski definition) is 4. The molecule has 0 spiro atoms. The molecular weight excluding hydrogens is 378 g/mol. The van der Waals surface area contributed by atoms with Crippen LogP contribution in [0.4, 0.5) is 5.69 Å². The fraction of sp³-hybridized carbons (Fsp3) is 0.375. The largest absolute Gasteiger partial charge is 0.462 e. The van der Waals surface area contributed by atoms with Crippen molar-refractivity contribution in [3.05, 3.63) is 59.5 Å². The van der Waals surface area contributed by atoms with Gasteiger partial charge in [0, 0.05) is 28.8 Å². The van der Waals surface area contributed by atoms with Gasteiger partial charge in [-0.1, -0.05) is 13.8 Å². The van der Waals surface area contributed by atoms with Crippen LogP contribution in [0.25, 0.3) is 10.9 Å². The van der Waals surface area contributed by atoms with Crippen molar-refractivity contribution in [1.82, 2.24) is 9.97 Å². The molecule has 0 saturated carbocycles. The molecule has 1 unspecified atom stereocenters. The number of anilines is 1. The lowest BCUT2D eigenvalue weighted by Crippen LogP contribution is -2.40. The molecule has 0 aliphatic heterocycles. The highest BCUT2D eigenvalue weighted by Gasteiger charge is 2.26. The van der Waals surface area contributed by atoms with Gasteiger partial charge in [0.05, 0.1) is 17.9 Å². The monoisotopic (exact) mass is 407 g/mol. The third-order valence-corrected chi connectivity index (χ3v) is 5.09. The molecule has 30 heavy (non-hydrogen) atoms. The van der Waals surface area contributed by atoms with Gasteiger partial charge in [-0.25, -0.2) is 9.78 Å². The predicted octanol–water partition coefficient (Wildman–Crippen LogP) is 5.13. The maximum Gasteiger partial charge on any atom is 0.339 e. The normalized spacial score (nSPS) is 12.2. The molecule has 1 atom stereocenters. The number of amides is 1. The van der Waals surface area contributed by atoms with Crippen LogP contribution >= 0.6 is 0 Å². The first-order valence-electron chi connectivity index (χ1n) is 10.4. The van der Waals surface area contributed by atoms with E-state index in [1.807, 2.05) is 30.5 Å². The summed E-state index contributed by atoms with van der Waals surface area (Å²) in [6.07, 6.45) is 2.74. The molecule has 0 saturated heterocycles. The van der Waals surface area contributed by atoms with Crippen molar-refractivity contribution in [3.63, 3.8) is 0 Å². The number of carbonyl (C=O) groups is 2. The van der Waals surface area contributed by atoms with Crippen LogP contribution in [0.3, 0.4) is 0 Å². The lowest BCUT2D eigenvalue weighted by molar-refractivity contribution is 0.0524. The molecule has 3 aromatic rings. The molecule has 158 valence electrons. The predicted molar refractivity (Wildman–Crippen MR) is 119 cm³/mol. The summed E-state index contributed by atoms with van der Waals surface area (Å²) in [5.74, 6) is -0.173. The third kappa shape index (κ3) is 4.53. The molecule has 0 bridgehead atoms. The van der Waals surface area contributed by atoms with E-state index in [4.69, 9.17) is 4.74 Å². The number of aryl methyl sites for hydroxylation is 1. The smallest absolute Gasteiger partial charge is 0.339 e. The number of ether oxygens (including phenoxy) is 1. The highest BCUT2D eigenvalue weighted by Crippen LogP contribution is 2.27. The summed E-state index contributed by atoms with van der Waals surface area (Å²) in [6.45, 7) is 10.1. The summed E-state index contributed by atoms with van der Waals surface area (Å²) in [5.41, 5.74) is 3.02. The van der Waals surface area contributed by atoms with Crippen molar-refractivity contribution < 1.29 is 14.3 Å². The maximum atomic E-state index is 13.5. The van der Waals surface area contributed by atoms with E-state index in [0.29, 0.717) is 29.5 Å². The Morgan fingerprint density at radius 3 is 2.57 bits per heavy atom. The quantitative estimate of drug-likeness (QED) is 0.551. The van der Waals surface area contributed by atoms with E-state index in [-0.39, 0.29) is 11.9 Å². The first kappa shape index (κ1) is 21.6. The second kappa shape index (κ2) is 9.11. The maximum absolute atomic E-state index is 13.5.